The molecule has 2 aromatic rings. The van der Waals surface area contributed by atoms with Crippen molar-refractivity contribution in [1.82, 2.24) is 0 Å². The molecule has 0 N–H and O–H groups in total. The van der Waals surface area contributed by atoms with Gasteiger partial charge in [-0.05, 0) is 17.7 Å². The van der Waals surface area contributed by atoms with Crippen LogP contribution in [0.5, 0.6) is 0 Å². The molecule has 0 saturated carbocycles. The topological polar surface area (TPSA) is 29.5 Å². The Morgan fingerprint density at radius 3 is 2.11 bits per heavy atom. The van der Waals surface area contributed by atoms with E-state index in [1.54, 1.807) is 12.0 Å². The Morgan fingerprint density at radius 2 is 1.53 bits per heavy atom. The first-order valence-electron chi connectivity index (χ1n) is 6.29. The van der Waals surface area contributed by atoms with Crippen molar-refractivity contribution in [1.29, 1.82) is 0 Å². The smallest absolute Gasteiger partial charge is 0.259 e. The first-order valence-corrected chi connectivity index (χ1v) is 6.29. The van der Waals surface area contributed by atoms with Gasteiger partial charge in [-0.15, -0.1) is 0 Å². The first-order chi connectivity index (χ1) is 9.33. The molecule has 2 aromatic carbocycles. The predicted octanol–water partition coefficient (Wildman–Crippen LogP) is 2.79. The second kappa shape index (κ2) is 4.86. The standard InChI is InChI=1S/C16H15NO2/c1-19-15-14(12-8-4-2-5-9-12)17(16(15)18)13-10-6-3-7-11-13/h2-11,14-15H,1H3. The molecule has 1 heterocycles. The number of β-lactam (4-membered cyclic amide) rings is 1. The number of benzene rings is 2. The summed E-state index contributed by atoms with van der Waals surface area (Å²) >= 11 is 0. The van der Waals surface area contributed by atoms with E-state index in [4.69, 9.17) is 4.74 Å². The van der Waals surface area contributed by atoms with Crippen LogP contribution in [0.1, 0.15) is 11.6 Å². The Kier molecular flexibility index (Phi) is 3.05. The van der Waals surface area contributed by atoms with Crippen molar-refractivity contribution in [2.24, 2.45) is 0 Å². The highest BCUT2D eigenvalue weighted by Crippen LogP contribution is 2.40. The summed E-state index contributed by atoms with van der Waals surface area (Å²) in [6.45, 7) is 0. The molecule has 19 heavy (non-hydrogen) atoms. The molecule has 2 atom stereocenters. The van der Waals surface area contributed by atoms with E-state index in [9.17, 15) is 4.79 Å². The maximum atomic E-state index is 12.2. The highest BCUT2D eigenvalue weighted by molar-refractivity contribution is 6.05. The minimum Gasteiger partial charge on any atom is -0.369 e. The summed E-state index contributed by atoms with van der Waals surface area (Å²) in [5.41, 5.74) is 2.01. The van der Waals surface area contributed by atoms with E-state index >= 15 is 0 Å². The highest BCUT2D eigenvalue weighted by atomic mass is 16.5. The van der Waals surface area contributed by atoms with Gasteiger partial charge in [-0.3, -0.25) is 9.69 Å². The van der Waals surface area contributed by atoms with E-state index in [2.05, 4.69) is 0 Å². The van der Waals surface area contributed by atoms with Crippen LogP contribution in [0.4, 0.5) is 5.69 Å². The number of carbonyl (C=O) groups is 1. The number of rotatable bonds is 3. The number of ether oxygens (including phenoxy) is 1. The fourth-order valence-electron chi connectivity index (χ4n) is 2.54. The minimum atomic E-state index is -0.386. The van der Waals surface area contributed by atoms with Crippen LogP contribution in [0.15, 0.2) is 60.7 Å². The molecule has 1 fully saturated rings. The Hall–Kier alpha value is -2.13. The van der Waals surface area contributed by atoms with Crippen LogP contribution in [0, 0.1) is 0 Å². The van der Waals surface area contributed by atoms with Crippen molar-refractivity contribution in [3.8, 4) is 0 Å². The summed E-state index contributed by atoms with van der Waals surface area (Å²) in [7, 11) is 1.58. The normalized spacial score (nSPS) is 22.2. The fraction of sp³-hybridized carbons (Fsp3) is 0.188. The predicted molar refractivity (Wildman–Crippen MR) is 73.9 cm³/mol. The Balaban J connectivity index is 1.98. The molecule has 0 aromatic heterocycles. The molecule has 2 unspecified atom stereocenters. The van der Waals surface area contributed by atoms with Crippen molar-refractivity contribution >= 4 is 11.6 Å². The van der Waals surface area contributed by atoms with Crippen molar-refractivity contribution in [2.45, 2.75) is 12.1 Å². The van der Waals surface area contributed by atoms with Crippen LogP contribution in [-0.2, 0) is 9.53 Å². The van der Waals surface area contributed by atoms with E-state index in [1.165, 1.54) is 0 Å². The van der Waals surface area contributed by atoms with Crippen molar-refractivity contribution in [2.75, 3.05) is 12.0 Å². The Morgan fingerprint density at radius 1 is 0.947 bits per heavy atom. The third-order valence-corrected chi connectivity index (χ3v) is 3.48. The minimum absolute atomic E-state index is 0.0163. The zero-order valence-corrected chi connectivity index (χ0v) is 10.7. The lowest BCUT2D eigenvalue weighted by atomic mass is 9.90. The average Bonchev–Trinajstić information content (AvgIpc) is 2.47. The van der Waals surface area contributed by atoms with E-state index < -0.39 is 0 Å². The van der Waals surface area contributed by atoms with Crippen molar-refractivity contribution < 1.29 is 9.53 Å². The third-order valence-electron chi connectivity index (χ3n) is 3.48. The van der Waals surface area contributed by atoms with Gasteiger partial charge in [0.05, 0.1) is 6.04 Å². The van der Waals surface area contributed by atoms with Crippen LogP contribution in [-0.4, -0.2) is 19.1 Å². The van der Waals surface area contributed by atoms with Crippen LogP contribution in [0.2, 0.25) is 0 Å². The molecule has 0 spiro atoms. The molecule has 3 heteroatoms. The monoisotopic (exact) mass is 253 g/mol. The van der Waals surface area contributed by atoms with Gasteiger partial charge in [0.2, 0.25) is 0 Å². The van der Waals surface area contributed by atoms with Crippen LogP contribution in [0.25, 0.3) is 0 Å². The largest absolute Gasteiger partial charge is 0.369 e. The lowest BCUT2D eigenvalue weighted by Gasteiger charge is -2.46. The molecule has 0 radical (unpaired) electrons. The maximum Gasteiger partial charge on any atom is 0.259 e. The molecule has 1 amide bonds. The van der Waals surface area contributed by atoms with Gasteiger partial charge in [-0.25, -0.2) is 0 Å². The molecule has 96 valence electrons. The van der Waals surface area contributed by atoms with Crippen LogP contribution < -0.4 is 4.90 Å². The molecule has 1 aliphatic heterocycles. The van der Waals surface area contributed by atoms with Gasteiger partial charge in [-0.1, -0.05) is 48.5 Å². The van der Waals surface area contributed by atoms with E-state index in [-0.39, 0.29) is 18.1 Å². The lowest BCUT2D eigenvalue weighted by molar-refractivity contribution is -0.139. The zero-order valence-electron chi connectivity index (χ0n) is 10.7. The van der Waals surface area contributed by atoms with Gasteiger partial charge >= 0.3 is 0 Å². The summed E-state index contributed by atoms with van der Waals surface area (Å²) in [6, 6.07) is 19.6. The number of methoxy groups -OCH3 is 1. The quantitative estimate of drug-likeness (QED) is 0.787. The highest BCUT2D eigenvalue weighted by Gasteiger charge is 2.49. The SMILES string of the molecule is COC1C(=O)N(c2ccccc2)C1c1ccccc1. The zero-order chi connectivity index (χ0) is 13.2. The molecule has 3 rings (SSSR count). The summed E-state index contributed by atoms with van der Waals surface area (Å²) in [6.07, 6.45) is -0.386. The van der Waals surface area contributed by atoms with Crippen molar-refractivity contribution in [3.63, 3.8) is 0 Å². The molecule has 0 bridgehead atoms. The molecule has 1 aliphatic rings. The summed E-state index contributed by atoms with van der Waals surface area (Å²) in [5, 5.41) is 0. The summed E-state index contributed by atoms with van der Waals surface area (Å²) in [4.78, 5) is 14.0. The van der Waals surface area contributed by atoms with Gasteiger partial charge in [0.25, 0.3) is 5.91 Å². The second-order valence-corrected chi connectivity index (χ2v) is 4.56. The molecule has 3 nitrogen and oxygen atoms in total. The lowest BCUT2D eigenvalue weighted by Crippen LogP contribution is -2.59. The third kappa shape index (κ3) is 1.92. The van der Waals surface area contributed by atoms with Crippen LogP contribution in [0.3, 0.4) is 0 Å². The van der Waals surface area contributed by atoms with Gasteiger partial charge in [-0.2, -0.15) is 0 Å². The average molecular weight is 253 g/mol. The Bertz CT molecular complexity index is 568. The number of amides is 1. The number of anilines is 1. The molecule has 0 aliphatic carbocycles. The summed E-state index contributed by atoms with van der Waals surface area (Å²) < 4.78 is 5.33. The first kappa shape index (κ1) is 11.9. The van der Waals surface area contributed by atoms with Gasteiger partial charge in [0.15, 0.2) is 6.10 Å². The molecule has 1 saturated heterocycles. The summed E-state index contributed by atoms with van der Waals surface area (Å²) in [5.74, 6) is 0.0163. The van der Waals surface area contributed by atoms with Gasteiger partial charge in [0, 0.05) is 12.8 Å². The van der Waals surface area contributed by atoms with Gasteiger partial charge < -0.3 is 4.74 Å². The number of hydrogen-bond donors (Lipinski definition) is 0. The number of hydrogen-bond acceptors (Lipinski definition) is 2. The Labute approximate surface area is 112 Å². The molecular weight excluding hydrogens is 238 g/mol. The second-order valence-electron chi connectivity index (χ2n) is 4.56. The van der Waals surface area contributed by atoms with E-state index in [1.807, 2.05) is 60.7 Å². The number of carbonyl (C=O) groups excluding carboxylic acids is 1. The van der Waals surface area contributed by atoms with Gasteiger partial charge in [0.1, 0.15) is 0 Å². The maximum absolute atomic E-state index is 12.2. The van der Waals surface area contributed by atoms with E-state index in [0.717, 1.165) is 11.3 Å². The van der Waals surface area contributed by atoms with Crippen LogP contribution >= 0.6 is 0 Å². The van der Waals surface area contributed by atoms with Crippen molar-refractivity contribution in [3.05, 3.63) is 66.2 Å². The fourth-order valence-corrected chi connectivity index (χ4v) is 2.54. The van der Waals surface area contributed by atoms with E-state index in [0.29, 0.717) is 0 Å². The molecular formula is C16H15NO2. The number of nitrogens with zero attached hydrogens (tertiary/aromatic N) is 1. The number of para-hydroxylation sites is 1.